The van der Waals surface area contributed by atoms with Gasteiger partial charge in [0.25, 0.3) is 0 Å². The molecule has 0 unspecified atom stereocenters. The Morgan fingerprint density at radius 3 is 1.88 bits per heavy atom. The van der Waals surface area contributed by atoms with E-state index in [1.165, 1.54) is 0 Å². The number of hydrogen-bond acceptors (Lipinski definition) is 2. The van der Waals surface area contributed by atoms with Crippen molar-refractivity contribution in [2.45, 2.75) is 24.2 Å². The number of nitrogens with zero attached hydrogens (tertiary/aromatic N) is 1. The van der Waals surface area contributed by atoms with E-state index in [2.05, 4.69) is 4.98 Å². The van der Waals surface area contributed by atoms with E-state index in [1.807, 2.05) is 0 Å². The normalized spacial score (nSPS) is 13.8. The van der Waals surface area contributed by atoms with Crippen LogP contribution in [0.1, 0.15) is 5.69 Å². The number of amides is 1. The molecule has 0 aliphatic rings. The van der Waals surface area contributed by atoms with Gasteiger partial charge in [-0.1, -0.05) is 11.6 Å². The van der Waals surface area contributed by atoms with Gasteiger partial charge in [0.1, 0.15) is 10.8 Å². The van der Waals surface area contributed by atoms with Crippen LogP contribution in [0.2, 0.25) is 5.15 Å². The zero-order valence-corrected chi connectivity index (χ0v) is 11.4. The quantitative estimate of drug-likeness (QED) is 0.607. The maximum Gasteiger partial charge on any atom is 0.460 e. The first-order valence-corrected chi connectivity index (χ1v) is 5.76. The molecule has 1 N–H and O–H groups in total. The summed E-state index contributed by atoms with van der Waals surface area (Å²) in [6.07, 6.45) is -11.9. The Balaban J connectivity index is 3.18. The highest BCUT2D eigenvalue weighted by Gasteiger charge is 2.76. The van der Waals surface area contributed by atoms with Gasteiger partial charge in [0.15, 0.2) is 0 Å². The van der Waals surface area contributed by atoms with Crippen LogP contribution in [0, 0.1) is 0 Å². The molecule has 0 saturated carbocycles. The van der Waals surface area contributed by atoms with Crippen molar-refractivity contribution < 1.29 is 48.7 Å². The minimum absolute atomic E-state index is 0.0778. The van der Waals surface area contributed by atoms with Gasteiger partial charge in [-0.05, 0) is 12.1 Å². The zero-order valence-electron chi connectivity index (χ0n) is 10.7. The van der Waals surface area contributed by atoms with Crippen molar-refractivity contribution in [3.05, 3.63) is 23.0 Å². The summed E-state index contributed by atoms with van der Waals surface area (Å²) in [4.78, 5) is 13.8. The maximum absolute atomic E-state index is 13.1. The van der Waals surface area contributed by atoms with Gasteiger partial charge in [-0.15, -0.1) is 0 Å². The third-order valence-electron chi connectivity index (χ3n) is 2.38. The first-order chi connectivity index (χ1) is 10.5. The van der Waals surface area contributed by atoms with E-state index in [-0.39, 0.29) is 6.07 Å². The highest BCUT2D eigenvalue weighted by molar-refractivity contribution is 6.29. The molecule has 0 radical (unpaired) electrons. The lowest BCUT2D eigenvalue weighted by atomic mass is 10.1. The van der Waals surface area contributed by atoms with Crippen molar-refractivity contribution in [3.63, 3.8) is 0 Å². The molecule has 1 aromatic heterocycles. The summed E-state index contributed by atoms with van der Waals surface area (Å²) >= 11 is 5.14. The summed E-state index contributed by atoms with van der Waals surface area (Å²) in [6, 6.07) is 0.266. The maximum atomic E-state index is 13.1. The lowest BCUT2D eigenvalue weighted by molar-refractivity contribution is -0.343. The van der Waals surface area contributed by atoms with Crippen LogP contribution >= 0.6 is 11.6 Å². The zero-order chi connectivity index (χ0) is 19.1. The van der Waals surface area contributed by atoms with Gasteiger partial charge in [0.05, 0.1) is 0 Å². The first-order valence-electron chi connectivity index (χ1n) is 5.38. The Labute approximate surface area is 130 Å². The van der Waals surface area contributed by atoms with Crippen molar-refractivity contribution in [1.82, 2.24) is 4.98 Å². The number of rotatable bonds is 3. The summed E-state index contributed by atoms with van der Waals surface area (Å²) in [7, 11) is 0. The average molecular weight is 393 g/mol. The Bertz CT molecular complexity index is 640. The lowest BCUT2D eigenvalue weighted by Gasteiger charge is -2.27. The van der Waals surface area contributed by atoms with E-state index in [4.69, 9.17) is 11.6 Å². The van der Waals surface area contributed by atoms with E-state index in [0.29, 0.717) is 6.07 Å². The molecule has 3 nitrogen and oxygen atoms in total. The number of pyridine rings is 1. The van der Waals surface area contributed by atoms with Gasteiger partial charge in [0.2, 0.25) is 0 Å². The molecule has 136 valence electrons. The van der Waals surface area contributed by atoms with E-state index in [1.54, 1.807) is 0 Å². The number of nitrogens with one attached hydrogen (secondary N) is 1. The Morgan fingerprint density at radius 2 is 1.46 bits per heavy atom. The van der Waals surface area contributed by atoms with Gasteiger partial charge in [-0.2, -0.15) is 43.9 Å². The van der Waals surface area contributed by atoms with Crippen LogP contribution in [0.5, 0.6) is 0 Å². The summed E-state index contributed by atoms with van der Waals surface area (Å²) in [5.74, 6) is -16.2. The van der Waals surface area contributed by atoms with E-state index in [0.717, 1.165) is 5.32 Å². The van der Waals surface area contributed by atoms with E-state index >= 15 is 0 Å². The van der Waals surface area contributed by atoms with Crippen molar-refractivity contribution in [2.24, 2.45) is 0 Å². The largest absolute Gasteiger partial charge is 0.460 e. The average Bonchev–Trinajstić information content (AvgIpc) is 2.35. The number of carbonyl (C=O) groups excluding carboxylic acids is 1. The highest BCUT2D eigenvalue weighted by atomic mass is 35.5. The lowest BCUT2D eigenvalue weighted by Crippen LogP contribution is -2.57. The number of hydrogen-bond donors (Lipinski definition) is 1. The van der Waals surface area contributed by atoms with E-state index < -0.39 is 46.6 Å². The van der Waals surface area contributed by atoms with Crippen molar-refractivity contribution in [3.8, 4) is 0 Å². The van der Waals surface area contributed by atoms with Crippen LogP contribution in [0.3, 0.4) is 0 Å². The molecule has 0 saturated heterocycles. The summed E-state index contributed by atoms with van der Waals surface area (Å²) in [6.45, 7) is 0. The number of carbonyl (C=O) groups is 1. The number of anilines is 1. The van der Waals surface area contributed by atoms with Crippen molar-refractivity contribution >= 4 is 23.2 Å². The summed E-state index contributed by atoms with van der Waals surface area (Å²) in [5.41, 5.74) is -3.00. The Hall–Kier alpha value is -1.79. The minimum atomic E-state index is -6.78. The van der Waals surface area contributed by atoms with Gasteiger partial charge in [-0.25, -0.2) is 4.98 Å². The first kappa shape index (κ1) is 20.3. The summed E-state index contributed by atoms with van der Waals surface area (Å²) < 4.78 is 124. The monoisotopic (exact) mass is 392 g/mol. The SMILES string of the molecule is O=C(Nc1cc(Cl)nc(C(F)(F)F)c1)C(F)(F)C(F)(F)C(F)(F)F. The number of halogens is 11. The molecule has 0 fully saturated rings. The van der Waals surface area contributed by atoms with Crippen LogP contribution in [0.25, 0.3) is 0 Å². The smallest absolute Gasteiger partial charge is 0.320 e. The predicted octanol–water partition coefficient (Wildman–Crippen LogP) is 4.53. The fraction of sp³-hybridized carbons (Fsp3) is 0.400. The summed E-state index contributed by atoms with van der Waals surface area (Å²) in [5, 5.41) is -0.160. The minimum Gasteiger partial charge on any atom is -0.320 e. The second kappa shape index (κ2) is 5.93. The number of aromatic nitrogens is 1. The van der Waals surface area contributed by atoms with Crippen molar-refractivity contribution in [2.75, 3.05) is 5.32 Å². The van der Waals surface area contributed by atoms with Gasteiger partial charge < -0.3 is 5.32 Å². The van der Waals surface area contributed by atoms with Crippen LogP contribution in [-0.4, -0.2) is 28.9 Å². The standard InChI is InChI=1S/C10H3ClF10N2O/c11-5-2-3(1-4(23-5)8(14,15)16)22-6(24)7(12,13)9(17,18)10(19,20)21/h1-2H,(H,22,23,24). The number of alkyl halides is 10. The fourth-order valence-electron chi connectivity index (χ4n) is 1.24. The molecule has 1 amide bonds. The molecule has 0 aliphatic heterocycles. The topological polar surface area (TPSA) is 42.0 Å². The Morgan fingerprint density at radius 1 is 0.958 bits per heavy atom. The highest BCUT2D eigenvalue weighted by Crippen LogP contribution is 2.47. The third-order valence-corrected chi connectivity index (χ3v) is 2.57. The molecule has 0 atom stereocenters. The van der Waals surface area contributed by atoms with Gasteiger partial charge >= 0.3 is 30.1 Å². The molecule has 1 aromatic rings. The predicted molar refractivity (Wildman–Crippen MR) is 58.8 cm³/mol. The molecule has 0 aromatic carbocycles. The van der Waals surface area contributed by atoms with E-state index in [9.17, 15) is 48.7 Å². The second-order valence-electron chi connectivity index (χ2n) is 4.16. The molecule has 0 aliphatic carbocycles. The van der Waals surface area contributed by atoms with Crippen LogP contribution in [0.15, 0.2) is 12.1 Å². The third kappa shape index (κ3) is 3.82. The molecular formula is C10H3ClF10N2O. The van der Waals surface area contributed by atoms with Crippen LogP contribution in [-0.2, 0) is 11.0 Å². The van der Waals surface area contributed by atoms with Gasteiger partial charge in [0, 0.05) is 5.69 Å². The van der Waals surface area contributed by atoms with Crippen LogP contribution < -0.4 is 5.32 Å². The fourth-order valence-corrected chi connectivity index (χ4v) is 1.45. The molecule has 14 heteroatoms. The molecule has 0 bridgehead atoms. The van der Waals surface area contributed by atoms with Gasteiger partial charge in [-0.3, -0.25) is 4.79 Å². The van der Waals surface area contributed by atoms with Crippen LogP contribution in [0.4, 0.5) is 49.6 Å². The molecule has 1 heterocycles. The molecule has 24 heavy (non-hydrogen) atoms. The Kier molecular flexibility index (Phi) is 5.01. The molecule has 0 spiro atoms. The molecular weight excluding hydrogens is 390 g/mol. The second-order valence-corrected chi connectivity index (χ2v) is 4.55. The van der Waals surface area contributed by atoms with Crippen molar-refractivity contribution in [1.29, 1.82) is 0 Å². The molecule has 1 rings (SSSR count).